The Balaban J connectivity index is 1.97. The monoisotopic (exact) mass is 325 g/mol. The molecule has 6 heteroatoms. The first-order chi connectivity index (χ1) is 11.6. The molecule has 0 aliphatic rings. The summed E-state index contributed by atoms with van der Waals surface area (Å²) in [6, 6.07) is 8.03. The molecule has 0 bridgehead atoms. The molecule has 1 aromatic carbocycles. The molecule has 3 aromatic rings. The Bertz CT molecular complexity index is 884. The van der Waals surface area contributed by atoms with Gasteiger partial charge in [0.2, 0.25) is 5.91 Å². The number of nitrogens with two attached hydrogens (primary N) is 1. The maximum absolute atomic E-state index is 10.9. The molecule has 0 saturated heterocycles. The normalized spacial score (nSPS) is 11.2. The van der Waals surface area contributed by atoms with E-state index in [-0.39, 0.29) is 5.91 Å². The van der Waals surface area contributed by atoms with Crippen molar-refractivity contribution in [3.63, 3.8) is 0 Å². The number of nitrogen functional groups attached to an aromatic ring is 1. The summed E-state index contributed by atoms with van der Waals surface area (Å²) in [5.41, 5.74) is 8.88. The largest absolute Gasteiger partial charge is 0.382 e. The fourth-order valence-corrected chi connectivity index (χ4v) is 3.08. The molecular weight excluding hydrogens is 302 g/mol. The lowest BCUT2D eigenvalue weighted by Gasteiger charge is -2.10. The molecule has 3 N–H and O–H groups in total. The number of nitrogens with one attached hydrogen (secondary N) is 1. The lowest BCUT2D eigenvalue weighted by atomic mass is 10.2. The van der Waals surface area contributed by atoms with Crippen LogP contribution in [0.3, 0.4) is 0 Å². The molecule has 1 amide bonds. The highest BCUT2D eigenvalue weighted by molar-refractivity contribution is 6.06. The first kappa shape index (κ1) is 16.2. The van der Waals surface area contributed by atoms with Gasteiger partial charge in [-0.3, -0.25) is 4.79 Å². The number of para-hydroxylation sites is 1. The van der Waals surface area contributed by atoms with Crippen LogP contribution in [0.4, 0.5) is 5.82 Å². The topological polar surface area (TPSA) is 85.8 Å². The van der Waals surface area contributed by atoms with Crippen LogP contribution < -0.4 is 11.1 Å². The molecule has 2 heterocycles. The van der Waals surface area contributed by atoms with E-state index in [1.54, 1.807) is 6.92 Å². The van der Waals surface area contributed by atoms with Gasteiger partial charge < -0.3 is 15.6 Å². The van der Waals surface area contributed by atoms with E-state index in [1.807, 2.05) is 18.2 Å². The van der Waals surface area contributed by atoms with Crippen LogP contribution in [-0.4, -0.2) is 27.0 Å². The van der Waals surface area contributed by atoms with Crippen molar-refractivity contribution in [3.8, 4) is 0 Å². The van der Waals surface area contributed by atoms with Gasteiger partial charge in [0.1, 0.15) is 11.3 Å². The predicted octanol–water partition coefficient (Wildman–Crippen LogP) is 2.65. The third kappa shape index (κ3) is 3.04. The summed E-state index contributed by atoms with van der Waals surface area (Å²) >= 11 is 0. The minimum Gasteiger partial charge on any atom is -0.382 e. The summed E-state index contributed by atoms with van der Waals surface area (Å²) in [5, 5.41) is 3.92. The van der Waals surface area contributed by atoms with E-state index in [2.05, 4.69) is 27.9 Å². The van der Waals surface area contributed by atoms with E-state index in [0.717, 1.165) is 53.6 Å². The lowest BCUT2D eigenvalue weighted by Crippen LogP contribution is -2.21. The number of amides is 1. The summed E-state index contributed by atoms with van der Waals surface area (Å²) in [6.07, 6.45) is 2.74. The number of imidazole rings is 1. The summed E-state index contributed by atoms with van der Waals surface area (Å²) in [6.45, 7) is 5.20. The number of benzene rings is 1. The van der Waals surface area contributed by atoms with Gasteiger partial charge in [0.15, 0.2) is 5.82 Å². The van der Waals surface area contributed by atoms with Crippen molar-refractivity contribution in [2.24, 2.45) is 0 Å². The van der Waals surface area contributed by atoms with E-state index < -0.39 is 0 Å². The average Bonchev–Trinajstić information content (AvgIpc) is 2.94. The number of pyridine rings is 1. The molecule has 0 fully saturated rings. The van der Waals surface area contributed by atoms with Crippen LogP contribution in [0.2, 0.25) is 0 Å². The molecule has 0 aliphatic heterocycles. The van der Waals surface area contributed by atoms with Crippen LogP contribution in [0.25, 0.3) is 21.9 Å². The Morgan fingerprint density at radius 1 is 1.25 bits per heavy atom. The minimum atomic E-state index is 0.0159. The fourth-order valence-electron chi connectivity index (χ4n) is 3.08. The second-order valence-electron chi connectivity index (χ2n) is 5.93. The number of carbonyl (C=O) groups is 1. The quantitative estimate of drug-likeness (QED) is 0.682. The SMILES string of the molecule is CCc1nc2c(N)nc3ccccc3c2n1CCCCNC(C)=O. The van der Waals surface area contributed by atoms with E-state index in [4.69, 9.17) is 10.7 Å². The first-order valence-electron chi connectivity index (χ1n) is 8.39. The summed E-state index contributed by atoms with van der Waals surface area (Å²) in [7, 11) is 0. The summed E-state index contributed by atoms with van der Waals surface area (Å²) < 4.78 is 2.25. The number of carbonyl (C=O) groups excluding carboxylic acids is 1. The molecule has 0 spiro atoms. The van der Waals surface area contributed by atoms with Crippen LogP contribution in [0.1, 0.15) is 32.5 Å². The van der Waals surface area contributed by atoms with Crippen molar-refractivity contribution >= 4 is 33.7 Å². The van der Waals surface area contributed by atoms with Gasteiger partial charge in [-0.1, -0.05) is 25.1 Å². The van der Waals surface area contributed by atoms with Gasteiger partial charge in [-0.2, -0.15) is 0 Å². The summed E-state index contributed by atoms with van der Waals surface area (Å²) in [4.78, 5) is 20.1. The van der Waals surface area contributed by atoms with Gasteiger partial charge in [0.25, 0.3) is 0 Å². The van der Waals surface area contributed by atoms with Crippen LogP contribution in [0.15, 0.2) is 24.3 Å². The number of nitrogens with zero attached hydrogens (tertiary/aromatic N) is 3. The van der Waals surface area contributed by atoms with Gasteiger partial charge in [-0.15, -0.1) is 0 Å². The predicted molar refractivity (Wildman–Crippen MR) is 96.7 cm³/mol. The molecular formula is C18H23N5O. The molecule has 3 rings (SSSR count). The second-order valence-corrected chi connectivity index (χ2v) is 5.93. The zero-order chi connectivity index (χ0) is 17.1. The van der Waals surface area contributed by atoms with Gasteiger partial charge in [-0.25, -0.2) is 9.97 Å². The number of aromatic nitrogens is 3. The Morgan fingerprint density at radius 3 is 2.79 bits per heavy atom. The van der Waals surface area contributed by atoms with Crippen molar-refractivity contribution in [2.75, 3.05) is 12.3 Å². The van der Waals surface area contributed by atoms with E-state index >= 15 is 0 Å². The number of rotatable bonds is 6. The molecule has 0 unspecified atom stereocenters. The number of anilines is 1. The van der Waals surface area contributed by atoms with E-state index in [0.29, 0.717) is 12.4 Å². The van der Waals surface area contributed by atoms with Gasteiger partial charge in [0.05, 0.1) is 11.0 Å². The number of fused-ring (bicyclic) bond motifs is 3. The van der Waals surface area contributed by atoms with Crippen LogP contribution in [0.5, 0.6) is 0 Å². The Kier molecular flexibility index (Phi) is 4.64. The standard InChI is InChI=1S/C18H23N5O/c1-3-15-22-16-17(23(15)11-7-6-10-20-12(2)24)13-8-4-5-9-14(13)21-18(16)19/h4-5,8-9H,3,6-7,10-11H2,1-2H3,(H2,19,21)(H,20,24). The van der Waals surface area contributed by atoms with E-state index in [1.165, 1.54) is 0 Å². The highest BCUT2D eigenvalue weighted by atomic mass is 16.1. The smallest absolute Gasteiger partial charge is 0.216 e. The number of hydrogen-bond acceptors (Lipinski definition) is 4. The maximum atomic E-state index is 10.9. The molecule has 24 heavy (non-hydrogen) atoms. The third-order valence-electron chi connectivity index (χ3n) is 4.19. The van der Waals surface area contributed by atoms with E-state index in [9.17, 15) is 4.79 Å². The second kappa shape index (κ2) is 6.86. The maximum Gasteiger partial charge on any atom is 0.216 e. The van der Waals surface area contributed by atoms with Crippen molar-refractivity contribution in [1.29, 1.82) is 0 Å². The molecule has 0 saturated carbocycles. The molecule has 6 nitrogen and oxygen atoms in total. The van der Waals surface area contributed by atoms with Gasteiger partial charge >= 0.3 is 0 Å². The summed E-state index contributed by atoms with van der Waals surface area (Å²) in [5.74, 6) is 1.52. The molecule has 0 radical (unpaired) electrons. The minimum absolute atomic E-state index is 0.0159. The lowest BCUT2D eigenvalue weighted by molar-refractivity contribution is -0.118. The van der Waals surface area contributed by atoms with Crippen LogP contribution in [-0.2, 0) is 17.8 Å². The number of aryl methyl sites for hydroxylation is 2. The van der Waals surface area contributed by atoms with Crippen molar-refractivity contribution in [3.05, 3.63) is 30.1 Å². The number of unbranched alkanes of at least 4 members (excludes halogenated alkanes) is 1. The molecule has 0 atom stereocenters. The van der Waals surface area contributed by atoms with Crippen molar-refractivity contribution in [1.82, 2.24) is 19.9 Å². The first-order valence-corrected chi connectivity index (χ1v) is 8.39. The van der Waals surface area contributed by atoms with Gasteiger partial charge in [-0.05, 0) is 18.9 Å². The van der Waals surface area contributed by atoms with Crippen molar-refractivity contribution < 1.29 is 4.79 Å². The third-order valence-corrected chi connectivity index (χ3v) is 4.19. The van der Waals surface area contributed by atoms with Crippen molar-refractivity contribution in [2.45, 2.75) is 39.7 Å². The zero-order valence-electron chi connectivity index (χ0n) is 14.2. The Labute approximate surface area is 141 Å². The highest BCUT2D eigenvalue weighted by Crippen LogP contribution is 2.29. The Morgan fingerprint density at radius 2 is 2.04 bits per heavy atom. The fraction of sp³-hybridized carbons (Fsp3) is 0.389. The zero-order valence-corrected chi connectivity index (χ0v) is 14.2. The van der Waals surface area contributed by atoms with Crippen LogP contribution >= 0.6 is 0 Å². The van der Waals surface area contributed by atoms with Crippen LogP contribution in [0, 0.1) is 0 Å². The number of hydrogen-bond donors (Lipinski definition) is 2. The average molecular weight is 325 g/mol. The van der Waals surface area contributed by atoms with Gasteiger partial charge in [0, 0.05) is 31.8 Å². The highest BCUT2D eigenvalue weighted by Gasteiger charge is 2.15. The molecule has 0 aliphatic carbocycles. The molecule has 126 valence electrons. The Hall–Kier alpha value is -2.63. The molecule has 2 aromatic heterocycles.